The van der Waals surface area contributed by atoms with Gasteiger partial charge in [-0.05, 0) is 46.3 Å². The summed E-state index contributed by atoms with van der Waals surface area (Å²) in [6.07, 6.45) is 0. The minimum absolute atomic E-state index is 0.116. The lowest BCUT2D eigenvalue weighted by Crippen LogP contribution is -2.31. The Labute approximate surface area is 155 Å². The second kappa shape index (κ2) is 8.07. The molecule has 0 atom stereocenters. The van der Waals surface area contributed by atoms with Crippen LogP contribution in [0.5, 0.6) is 0 Å². The van der Waals surface area contributed by atoms with Crippen molar-refractivity contribution in [3.63, 3.8) is 0 Å². The van der Waals surface area contributed by atoms with Crippen LogP contribution in [0.25, 0.3) is 0 Å². The molecule has 2 aromatic rings. The lowest BCUT2D eigenvalue weighted by atomic mass is 10.2. The third-order valence-electron chi connectivity index (χ3n) is 3.65. The van der Waals surface area contributed by atoms with Gasteiger partial charge in [-0.15, -0.1) is 0 Å². The topological polar surface area (TPSA) is 66.5 Å². The number of rotatable bonds is 6. The molecule has 0 bridgehead atoms. The third-order valence-corrected chi connectivity index (χ3v) is 6.39. The molecule has 25 heavy (non-hydrogen) atoms. The number of benzene rings is 2. The summed E-state index contributed by atoms with van der Waals surface area (Å²) in [7, 11) is -3.78. The fourth-order valence-electron chi connectivity index (χ4n) is 2.30. The van der Waals surface area contributed by atoms with Crippen molar-refractivity contribution in [2.75, 3.05) is 18.4 Å². The Morgan fingerprint density at radius 1 is 1.16 bits per heavy atom. The van der Waals surface area contributed by atoms with Crippen molar-refractivity contribution in [2.24, 2.45) is 0 Å². The minimum atomic E-state index is -3.78. The van der Waals surface area contributed by atoms with Gasteiger partial charge in [0.05, 0.1) is 16.1 Å². The number of para-hydroxylation sites is 1. The predicted molar refractivity (Wildman–Crippen MR) is 98.6 cm³/mol. The lowest BCUT2D eigenvalue weighted by molar-refractivity contribution is 0.102. The molecule has 0 unspecified atom stereocenters. The smallest absolute Gasteiger partial charge is 0.258 e. The molecular formula is C17H18BrFN2O3S. The summed E-state index contributed by atoms with van der Waals surface area (Å²) in [4.78, 5) is 12.3. The van der Waals surface area contributed by atoms with E-state index in [1.807, 2.05) is 0 Å². The van der Waals surface area contributed by atoms with E-state index in [1.165, 1.54) is 4.31 Å². The molecule has 5 nitrogen and oxygen atoms in total. The molecular weight excluding hydrogens is 411 g/mol. The molecule has 1 amide bonds. The van der Waals surface area contributed by atoms with Crippen LogP contribution in [0.1, 0.15) is 24.2 Å². The van der Waals surface area contributed by atoms with Crippen LogP contribution in [0.4, 0.5) is 10.1 Å². The molecule has 134 valence electrons. The molecule has 0 aliphatic carbocycles. The van der Waals surface area contributed by atoms with Crippen LogP contribution in [-0.4, -0.2) is 31.7 Å². The number of sulfonamides is 1. The molecule has 0 aliphatic heterocycles. The largest absolute Gasteiger partial charge is 0.321 e. The number of amides is 1. The van der Waals surface area contributed by atoms with Gasteiger partial charge >= 0.3 is 0 Å². The summed E-state index contributed by atoms with van der Waals surface area (Å²) in [5.74, 6) is -1.51. The van der Waals surface area contributed by atoms with E-state index < -0.39 is 21.7 Å². The van der Waals surface area contributed by atoms with E-state index in [2.05, 4.69) is 21.2 Å². The van der Waals surface area contributed by atoms with E-state index >= 15 is 0 Å². The van der Waals surface area contributed by atoms with Crippen LogP contribution in [0.2, 0.25) is 0 Å². The normalized spacial score (nSPS) is 11.6. The summed E-state index contributed by atoms with van der Waals surface area (Å²) in [6, 6.07) is 10.1. The van der Waals surface area contributed by atoms with E-state index in [-0.39, 0.29) is 23.5 Å². The lowest BCUT2D eigenvalue weighted by Gasteiger charge is -2.19. The number of hydrogen-bond acceptors (Lipinski definition) is 3. The molecule has 0 heterocycles. The third kappa shape index (κ3) is 4.26. The number of hydrogen-bond donors (Lipinski definition) is 1. The maximum absolute atomic E-state index is 14.1. The van der Waals surface area contributed by atoms with Crippen LogP contribution < -0.4 is 5.32 Å². The molecule has 8 heteroatoms. The standard InChI is InChI=1S/C17H18BrFN2O3S/c1-3-21(4-2)25(23,24)12-9-10-15(19)13(11-12)17(22)20-16-8-6-5-7-14(16)18/h5-11H,3-4H2,1-2H3,(H,20,22). The molecule has 0 fully saturated rings. The van der Waals surface area contributed by atoms with E-state index in [4.69, 9.17) is 0 Å². The summed E-state index contributed by atoms with van der Waals surface area (Å²) in [6.45, 7) is 4.00. The van der Waals surface area contributed by atoms with Gasteiger partial charge in [0, 0.05) is 17.6 Å². The Kier molecular flexibility index (Phi) is 6.31. The second-order valence-electron chi connectivity index (χ2n) is 5.16. The van der Waals surface area contributed by atoms with Crippen molar-refractivity contribution in [2.45, 2.75) is 18.7 Å². The molecule has 2 aromatic carbocycles. The molecule has 0 spiro atoms. The van der Waals surface area contributed by atoms with Crippen molar-refractivity contribution >= 4 is 37.5 Å². The monoisotopic (exact) mass is 428 g/mol. The summed E-state index contributed by atoms with van der Waals surface area (Å²) in [5, 5.41) is 2.57. The first kappa shape index (κ1) is 19.6. The zero-order chi connectivity index (χ0) is 18.6. The van der Waals surface area contributed by atoms with Crippen molar-refractivity contribution in [1.29, 1.82) is 0 Å². The predicted octanol–water partition coefficient (Wildman–Crippen LogP) is 3.87. The number of halogens is 2. The highest BCUT2D eigenvalue weighted by atomic mass is 79.9. The average Bonchev–Trinajstić information content (AvgIpc) is 2.58. The fourth-order valence-corrected chi connectivity index (χ4v) is 4.17. The van der Waals surface area contributed by atoms with Crippen LogP contribution in [0.3, 0.4) is 0 Å². The van der Waals surface area contributed by atoms with Crippen LogP contribution >= 0.6 is 15.9 Å². The average molecular weight is 429 g/mol. The highest BCUT2D eigenvalue weighted by Crippen LogP contribution is 2.24. The van der Waals surface area contributed by atoms with Crippen molar-refractivity contribution in [3.05, 3.63) is 58.3 Å². The maximum Gasteiger partial charge on any atom is 0.258 e. The number of nitrogens with one attached hydrogen (secondary N) is 1. The molecule has 0 radical (unpaired) electrons. The van der Waals surface area contributed by atoms with Gasteiger partial charge in [0.15, 0.2) is 0 Å². The molecule has 0 saturated carbocycles. The van der Waals surface area contributed by atoms with Gasteiger partial charge in [-0.2, -0.15) is 4.31 Å². The highest BCUT2D eigenvalue weighted by molar-refractivity contribution is 9.10. The van der Waals surface area contributed by atoms with Gasteiger partial charge in [0.25, 0.3) is 5.91 Å². The van der Waals surface area contributed by atoms with E-state index in [9.17, 15) is 17.6 Å². The Hall–Kier alpha value is -1.77. The van der Waals surface area contributed by atoms with Gasteiger partial charge in [0.2, 0.25) is 10.0 Å². The summed E-state index contributed by atoms with van der Waals surface area (Å²) < 4.78 is 41.1. The van der Waals surface area contributed by atoms with Crippen molar-refractivity contribution in [3.8, 4) is 0 Å². The van der Waals surface area contributed by atoms with Gasteiger partial charge < -0.3 is 5.32 Å². The minimum Gasteiger partial charge on any atom is -0.321 e. The van der Waals surface area contributed by atoms with Crippen LogP contribution in [0.15, 0.2) is 51.8 Å². The van der Waals surface area contributed by atoms with Gasteiger partial charge in [-0.3, -0.25) is 4.79 Å². The zero-order valence-corrected chi connectivity index (χ0v) is 16.2. The quantitative estimate of drug-likeness (QED) is 0.758. The van der Waals surface area contributed by atoms with Crippen LogP contribution in [0, 0.1) is 5.82 Å². The Morgan fingerprint density at radius 3 is 2.40 bits per heavy atom. The molecule has 0 saturated heterocycles. The Balaban J connectivity index is 2.39. The first-order chi connectivity index (χ1) is 11.8. The highest BCUT2D eigenvalue weighted by Gasteiger charge is 2.24. The van der Waals surface area contributed by atoms with E-state index in [0.717, 1.165) is 18.2 Å². The van der Waals surface area contributed by atoms with Gasteiger partial charge in [0.1, 0.15) is 5.82 Å². The van der Waals surface area contributed by atoms with Crippen molar-refractivity contribution < 1.29 is 17.6 Å². The number of anilines is 1. The SMILES string of the molecule is CCN(CC)S(=O)(=O)c1ccc(F)c(C(=O)Nc2ccccc2Br)c1. The molecule has 0 aliphatic rings. The summed E-state index contributed by atoms with van der Waals surface area (Å²) >= 11 is 3.29. The summed E-state index contributed by atoms with van der Waals surface area (Å²) in [5.41, 5.74) is 0.132. The molecule has 2 rings (SSSR count). The zero-order valence-electron chi connectivity index (χ0n) is 13.8. The van der Waals surface area contributed by atoms with E-state index in [1.54, 1.807) is 38.1 Å². The Bertz CT molecular complexity index is 883. The van der Waals surface area contributed by atoms with Gasteiger partial charge in [-0.25, -0.2) is 12.8 Å². The van der Waals surface area contributed by atoms with E-state index in [0.29, 0.717) is 10.2 Å². The van der Waals surface area contributed by atoms with Gasteiger partial charge in [-0.1, -0.05) is 26.0 Å². The van der Waals surface area contributed by atoms with Crippen LogP contribution in [-0.2, 0) is 10.0 Å². The van der Waals surface area contributed by atoms with Crippen molar-refractivity contribution in [1.82, 2.24) is 4.31 Å². The first-order valence-corrected chi connectivity index (χ1v) is 9.90. The molecule has 1 N–H and O–H groups in total. The number of nitrogens with zero attached hydrogens (tertiary/aromatic N) is 1. The maximum atomic E-state index is 14.1. The number of carbonyl (C=O) groups is 1. The second-order valence-corrected chi connectivity index (χ2v) is 7.96. The first-order valence-electron chi connectivity index (χ1n) is 7.66. The Morgan fingerprint density at radius 2 is 1.80 bits per heavy atom. The fraction of sp³-hybridized carbons (Fsp3) is 0.235. The number of carbonyl (C=O) groups excluding carboxylic acids is 1. The molecule has 0 aromatic heterocycles.